The molecule has 0 saturated carbocycles. The van der Waals surface area contributed by atoms with E-state index in [0.29, 0.717) is 23.6 Å². The smallest absolute Gasteiger partial charge is 0.244 e. The second-order valence-corrected chi connectivity index (χ2v) is 5.50. The van der Waals surface area contributed by atoms with Gasteiger partial charge in [0.1, 0.15) is 18.1 Å². The normalized spacial score (nSPS) is 10.6. The minimum absolute atomic E-state index is 0.0374. The van der Waals surface area contributed by atoms with Gasteiger partial charge in [0.25, 0.3) is 0 Å². The van der Waals surface area contributed by atoms with Crippen molar-refractivity contribution in [2.75, 3.05) is 11.9 Å². The van der Waals surface area contributed by atoms with Gasteiger partial charge in [0, 0.05) is 28.4 Å². The molecule has 1 heterocycles. The number of benzene rings is 2. The lowest BCUT2D eigenvalue weighted by atomic mass is 10.2. The number of aromatic nitrogens is 1. The number of carbonyl (C=O) groups excluding carboxylic acids is 2. The van der Waals surface area contributed by atoms with Crippen molar-refractivity contribution in [3.63, 3.8) is 0 Å². The summed E-state index contributed by atoms with van der Waals surface area (Å²) in [6.07, 6.45) is 2.39. The number of nitrogens with one attached hydrogen (secondary N) is 1. The van der Waals surface area contributed by atoms with Gasteiger partial charge < -0.3 is 14.6 Å². The van der Waals surface area contributed by atoms with Crippen LogP contribution < -0.4 is 10.1 Å². The van der Waals surface area contributed by atoms with Crippen molar-refractivity contribution in [1.82, 2.24) is 4.57 Å². The maximum atomic E-state index is 12.9. The summed E-state index contributed by atoms with van der Waals surface area (Å²) in [7, 11) is 0. The van der Waals surface area contributed by atoms with Gasteiger partial charge in [-0.05, 0) is 49.4 Å². The highest BCUT2D eigenvalue weighted by molar-refractivity contribution is 5.99. The first-order valence-electron chi connectivity index (χ1n) is 7.87. The number of fused-ring (bicyclic) bond motifs is 1. The lowest BCUT2D eigenvalue weighted by molar-refractivity contribution is -0.116. The van der Waals surface area contributed by atoms with E-state index in [1.165, 1.54) is 24.3 Å². The molecule has 2 aromatic carbocycles. The quantitative estimate of drug-likeness (QED) is 0.697. The van der Waals surface area contributed by atoms with Gasteiger partial charge >= 0.3 is 0 Å². The SMILES string of the molecule is CCOc1ccc2c(c1)c(C=O)cn2CC(=O)Nc1ccc(F)cc1. The van der Waals surface area contributed by atoms with E-state index in [2.05, 4.69) is 5.32 Å². The van der Waals surface area contributed by atoms with Crippen LogP contribution in [0, 0.1) is 5.82 Å². The van der Waals surface area contributed by atoms with E-state index < -0.39 is 0 Å². The minimum atomic E-state index is -0.366. The maximum Gasteiger partial charge on any atom is 0.244 e. The molecule has 5 nitrogen and oxygen atoms in total. The third kappa shape index (κ3) is 3.68. The summed E-state index contributed by atoms with van der Waals surface area (Å²) < 4.78 is 20.1. The zero-order valence-electron chi connectivity index (χ0n) is 13.7. The number of hydrogen-bond acceptors (Lipinski definition) is 3. The molecule has 0 saturated heterocycles. The number of halogens is 1. The topological polar surface area (TPSA) is 60.3 Å². The van der Waals surface area contributed by atoms with Crippen molar-refractivity contribution in [3.8, 4) is 5.75 Å². The van der Waals surface area contributed by atoms with Crippen LogP contribution >= 0.6 is 0 Å². The molecule has 3 aromatic rings. The van der Waals surface area contributed by atoms with E-state index in [1.807, 2.05) is 13.0 Å². The second-order valence-electron chi connectivity index (χ2n) is 5.50. The van der Waals surface area contributed by atoms with Crippen LogP contribution in [-0.2, 0) is 11.3 Å². The average molecular weight is 340 g/mol. The van der Waals surface area contributed by atoms with Crippen LogP contribution in [0.15, 0.2) is 48.7 Å². The molecule has 0 aliphatic rings. The molecule has 128 valence electrons. The lowest BCUT2D eigenvalue weighted by Gasteiger charge is -2.08. The molecule has 3 rings (SSSR count). The highest BCUT2D eigenvalue weighted by atomic mass is 19.1. The van der Waals surface area contributed by atoms with E-state index in [9.17, 15) is 14.0 Å². The summed E-state index contributed by atoms with van der Waals surface area (Å²) in [6, 6.07) is 10.9. The molecule has 0 aliphatic heterocycles. The van der Waals surface area contributed by atoms with Crippen molar-refractivity contribution in [3.05, 3.63) is 60.0 Å². The molecular weight excluding hydrogens is 323 g/mol. The molecular formula is C19H17FN2O3. The van der Waals surface area contributed by atoms with Crippen molar-refractivity contribution in [2.24, 2.45) is 0 Å². The van der Waals surface area contributed by atoms with Crippen LogP contribution in [0.4, 0.5) is 10.1 Å². The van der Waals surface area contributed by atoms with Crippen LogP contribution in [0.5, 0.6) is 5.75 Å². The Balaban J connectivity index is 1.84. The van der Waals surface area contributed by atoms with Crippen molar-refractivity contribution in [2.45, 2.75) is 13.5 Å². The Kier molecular flexibility index (Phi) is 4.79. The highest BCUT2D eigenvalue weighted by Gasteiger charge is 2.12. The van der Waals surface area contributed by atoms with E-state index in [1.54, 1.807) is 22.9 Å². The molecule has 6 heteroatoms. The van der Waals surface area contributed by atoms with Crippen LogP contribution in [0.2, 0.25) is 0 Å². The summed E-state index contributed by atoms with van der Waals surface area (Å²) in [4.78, 5) is 23.6. The van der Waals surface area contributed by atoms with Gasteiger partial charge in [0.05, 0.1) is 6.61 Å². The molecule has 25 heavy (non-hydrogen) atoms. The summed E-state index contributed by atoms with van der Waals surface area (Å²) in [6.45, 7) is 2.45. The molecule has 1 aromatic heterocycles. The first kappa shape index (κ1) is 16.7. The zero-order valence-corrected chi connectivity index (χ0v) is 13.7. The van der Waals surface area contributed by atoms with Gasteiger partial charge in [-0.15, -0.1) is 0 Å². The molecule has 0 unspecified atom stereocenters. The summed E-state index contributed by atoms with van der Waals surface area (Å²) in [5, 5.41) is 3.43. The fourth-order valence-electron chi connectivity index (χ4n) is 2.67. The Bertz CT molecular complexity index is 916. The summed E-state index contributed by atoms with van der Waals surface area (Å²) in [5.74, 6) is 0.0385. The summed E-state index contributed by atoms with van der Waals surface area (Å²) in [5.41, 5.74) is 1.77. The molecule has 1 N–H and O–H groups in total. The van der Waals surface area contributed by atoms with Gasteiger partial charge in [0.15, 0.2) is 6.29 Å². The summed E-state index contributed by atoms with van der Waals surface area (Å²) >= 11 is 0. The number of anilines is 1. The largest absolute Gasteiger partial charge is 0.494 e. The monoisotopic (exact) mass is 340 g/mol. The Morgan fingerprint density at radius 1 is 1.24 bits per heavy atom. The molecule has 0 atom stereocenters. The Morgan fingerprint density at radius 3 is 2.68 bits per heavy atom. The molecule has 0 spiro atoms. The first-order chi connectivity index (χ1) is 12.1. The number of aldehydes is 1. The van der Waals surface area contributed by atoms with Gasteiger partial charge in [0.2, 0.25) is 5.91 Å². The van der Waals surface area contributed by atoms with Gasteiger partial charge in [-0.2, -0.15) is 0 Å². The first-order valence-corrected chi connectivity index (χ1v) is 7.87. The van der Waals surface area contributed by atoms with E-state index in [-0.39, 0.29) is 18.3 Å². The van der Waals surface area contributed by atoms with E-state index in [4.69, 9.17) is 4.74 Å². The van der Waals surface area contributed by atoms with Gasteiger partial charge in [-0.25, -0.2) is 4.39 Å². The Labute approximate surface area is 144 Å². The van der Waals surface area contributed by atoms with Crippen molar-refractivity contribution in [1.29, 1.82) is 0 Å². The lowest BCUT2D eigenvalue weighted by Crippen LogP contribution is -2.18. The molecule has 0 fully saturated rings. The number of hydrogen-bond donors (Lipinski definition) is 1. The predicted molar refractivity (Wildman–Crippen MR) is 93.5 cm³/mol. The van der Waals surface area contributed by atoms with Crippen LogP contribution in [0.3, 0.4) is 0 Å². The fourth-order valence-corrected chi connectivity index (χ4v) is 2.67. The number of rotatable bonds is 6. The molecule has 1 amide bonds. The van der Waals surface area contributed by atoms with Gasteiger partial charge in [-0.3, -0.25) is 9.59 Å². The third-order valence-electron chi connectivity index (χ3n) is 3.76. The molecule has 0 bridgehead atoms. The maximum absolute atomic E-state index is 12.9. The number of amides is 1. The second kappa shape index (κ2) is 7.17. The van der Waals surface area contributed by atoms with Crippen LogP contribution in [0.25, 0.3) is 10.9 Å². The predicted octanol–water partition coefficient (Wildman–Crippen LogP) is 3.63. The Hall–Kier alpha value is -3.15. The third-order valence-corrected chi connectivity index (χ3v) is 3.76. The number of carbonyl (C=O) groups is 2. The fraction of sp³-hybridized carbons (Fsp3) is 0.158. The average Bonchev–Trinajstić information content (AvgIpc) is 2.94. The highest BCUT2D eigenvalue weighted by Crippen LogP contribution is 2.25. The Morgan fingerprint density at radius 2 is 2.00 bits per heavy atom. The minimum Gasteiger partial charge on any atom is -0.494 e. The van der Waals surface area contributed by atoms with E-state index >= 15 is 0 Å². The molecule has 0 radical (unpaired) electrons. The molecule has 0 aliphatic carbocycles. The zero-order chi connectivity index (χ0) is 17.8. The van der Waals surface area contributed by atoms with Crippen LogP contribution in [-0.4, -0.2) is 23.4 Å². The van der Waals surface area contributed by atoms with Crippen LogP contribution in [0.1, 0.15) is 17.3 Å². The number of nitrogens with zero attached hydrogens (tertiary/aromatic N) is 1. The van der Waals surface area contributed by atoms with E-state index in [0.717, 1.165) is 17.2 Å². The number of ether oxygens (including phenoxy) is 1. The van der Waals surface area contributed by atoms with Gasteiger partial charge in [-0.1, -0.05) is 0 Å². The van der Waals surface area contributed by atoms with Crippen molar-refractivity contribution >= 4 is 28.8 Å². The van der Waals surface area contributed by atoms with Crippen molar-refractivity contribution < 1.29 is 18.7 Å². The standard InChI is InChI=1S/C19H17FN2O3/c1-2-25-16-7-8-18-17(9-16)13(12-23)10-22(18)11-19(24)21-15-5-3-14(20)4-6-15/h3-10,12H,2,11H2,1H3,(H,21,24).